The average Bonchev–Trinajstić information content (AvgIpc) is 2.79. The predicted molar refractivity (Wildman–Crippen MR) is 117 cm³/mol. The molecule has 1 saturated carbocycles. The number of hydrogen-bond acceptors (Lipinski definition) is 4. The number of aliphatic imine (C=N–C) groups is 1. The van der Waals surface area contributed by atoms with Crippen LogP contribution in [-0.4, -0.2) is 36.5 Å². The number of benzene rings is 1. The number of guanidine groups is 1. The first-order chi connectivity index (χ1) is 14.6. The zero-order valence-electron chi connectivity index (χ0n) is 17.5. The summed E-state index contributed by atoms with van der Waals surface area (Å²) in [7, 11) is 1.75. The van der Waals surface area contributed by atoms with Crippen LogP contribution in [0, 0.1) is 18.4 Å². The fourth-order valence-corrected chi connectivity index (χ4v) is 4.03. The van der Waals surface area contributed by atoms with Crippen LogP contribution < -0.4 is 16.0 Å². The molecule has 0 saturated heterocycles. The summed E-state index contributed by atoms with van der Waals surface area (Å²) < 4.78 is 0. The second-order valence-electron chi connectivity index (χ2n) is 7.75. The van der Waals surface area contributed by atoms with Crippen LogP contribution in [0.15, 0.2) is 53.7 Å². The summed E-state index contributed by atoms with van der Waals surface area (Å²) in [6.07, 6.45) is 7.11. The summed E-state index contributed by atoms with van der Waals surface area (Å²) in [6.45, 7) is 2.47. The van der Waals surface area contributed by atoms with Gasteiger partial charge in [0.05, 0.1) is 5.56 Å². The molecule has 7 nitrogen and oxygen atoms in total. The third-order valence-corrected chi connectivity index (χ3v) is 5.83. The molecule has 0 spiro atoms. The Balaban J connectivity index is 1.71. The van der Waals surface area contributed by atoms with E-state index in [0.29, 0.717) is 18.1 Å². The van der Waals surface area contributed by atoms with E-state index in [1.165, 1.54) is 5.56 Å². The van der Waals surface area contributed by atoms with E-state index in [1.54, 1.807) is 13.2 Å². The van der Waals surface area contributed by atoms with Gasteiger partial charge in [0.25, 0.3) is 5.91 Å². The Bertz CT molecular complexity index is 909. The average molecular weight is 405 g/mol. The molecule has 2 aromatic rings. The number of nitrogens with zero attached hydrogens (tertiary/aromatic N) is 3. The van der Waals surface area contributed by atoms with Gasteiger partial charge in [0.15, 0.2) is 0 Å². The van der Waals surface area contributed by atoms with Crippen molar-refractivity contribution >= 4 is 11.9 Å². The molecule has 1 fully saturated rings. The van der Waals surface area contributed by atoms with E-state index in [-0.39, 0.29) is 17.4 Å². The second kappa shape index (κ2) is 9.88. The van der Waals surface area contributed by atoms with Crippen LogP contribution in [0.25, 0.3) is 0 Å². The molecule has 1 amide bonds. The van der Waals surface area contributed by atoms with Crippen molar-refractivity contribution in [3.8, 4) is 6.19 Å². The largest absolute Gasteiger partial charge is 0.359 e. The molecule has 1 heterocycles. The topological polar surface area (TPSA) is 102 Å². The van der Waals surface area contributed by atoms with Gasteiger partial charge >= 0.3 is 0 Å². The maximum absolute atomic E-state index is 12.7. The van der Waals surface area contributed by atoms with Gasteiger partial charge in [0.2, 0.25) is 12.2 Å². The van der Waals surface area contributed by atoms with Crippen molar-refractivity contribution in [1.82, 2.24) is 20.9 Å². The predicted octanol–water partition coefficient (Wildman–Crippen LogP) is 2.65. The molecule has 156 valence electrons. The van der Waals surface area contributed by atoms with Crippen molar-refractivity contribution in [3.63, 3.8) is 0 Å². The molecule has 1 aromatic carbocycles. The minimum Gasteiger partial charge on any atom is -0.359 e. The first kappa shape index (κ1) is 21.3. The first-order valence-electron chi connectivity index (χ1n) is 10.2. The van der Waals surface area contributed by atoms with Crippen molar-refractivity contribution in [2.75, 3.05) is 13.6 Å². The van der Waals surface area contributed by atoms with E-state index < -0.39 is 0 Å². The maximum atomic E-state index is 12.7. The Morgan fingerprint density at radius 3 is 2.57 bits per heavy atom. The lowest BCUT2D eigenvalue weighted by Gasteiger charge is -2.41. The Hall–Kier alpha value is -3.40. The quantitative estimate of drug-likeness (QED) is 0.404. The van der Waals surface area contributed by atoms with Gasteiger partial charge in [-0.25, -0.2) is 0 Å². The Kier molecular flexibility index (Phi) is 7.02. The normalized spacial score (nSPS) is 21.4. The maximum Gasteiger partial charge on any atom is 0.252 e. The molecule has 0 atom stereocenters. The molecule has 3 N–H and O–H groups in total. The smallest absolute Gasteiger partial charge is 0.252 e. The van der Waals surface area contributed by atoms with Crippen LogP contribution in [0.4, 0.5) is 0 Å². The van der Waals surface area contributed by atoms with Gasteiger partial charge in [-0.3, -0.25) is 9.78 Å². The number of carbonyl (C=O) groups is 1. The fraction of sp³-hybridized carbons (Fsp3) is 0.391. The Morgan fingerprint density at radius 2 is 1.97 bits per heavy atom. The lowest BCUT2D eigenvalue weighted by molar-refractivity contribution is 0.0934. The van der Waals surface area contributed by atoms with Crippen LogP contribution in [0.5, 0.6) is 0 Å². The number of nitrogens with one attached hydrogen (secondary N) is 3. The summed E-state index contributed by atoms with van der Waals surface area (Å²) in [6, 6.07) is 14.3. The third-order valence-electron chi connectivity index (χ3n) is 5.83. The number of hydrogen-bond donors (Lipinski definition) is 3. The number of aryl methyl sites for hydroxylation is 1. The molecule has 0 radical (unpaired) electrons. The molecule has 1 aliphatic rings. The summed E-state index contributed by atoms with van der Waals surface area (Å²) in [5.41, 5.74) is 2.58. The number of carbonyl (C=O) groups excluding carboxylic acids is 1. The van der Waals surface area contributed by atoms with Gasteiger partial charge in [0, 0.05) is 36.9 Å². The number of amides is 1. The van der Waals surface area contributed by atoms with Gasteiger partial charge in [-0.15, -0.1) is 4.99 Å². The van der Waals surface area contributed by atoms with E-state index in [0.717, 1.165) is 31.4 Å². The Labute approximate surface area is 177 Å². The highest BCUT2D eigenvalue weighted by atomic mass is 16.1. The molecule has 30 heavy (non-hydrogen) atoms. The van der Waals surface area contributed by atoms with Crippen molar-refractivity contribution in [3.05, 3.63) is 65.5 Å². The molecule has 1 aliphatic carbocycles. The van der Waals surface area contributed by atoms with Crippen LogP contribution in [0.3, 0.4) is 0 Å². The van der Waals surface area contributed by atoms with Crippen LogP contribution in [0.2, 0.25) is 0 Å². The highest BCUT2D eigenvalue weighted by Crippen LogP contribution is 2.39. The van der Waals surface area contributed by atoms with Gasteiger partial charge in [-0.05, 0) is 50.3 Å². The number of rotatable bonds is 5. The number of aromatic nitrogens is 1. The number of pyridine rings is 1. The SMILES string of the molecule is CN/C(=N\C#N)N[C@H]1CC[C@](CNC(=O)c2ccc(C)nc2)(c2ccccc2)CC1. The molecule has 0 unspecified atom stereocenters. The first-order valence-corrected chi connectivity index (χ1v) is 10.2. The highest BCUT2D eigenvalue weighted by Gasteiger charge is 2.37. The van der Waals surface area contributed by atoms with Gasteiger partial charge < -0.3 is 16.0 Å². The minimum atomic E-state index is -0.126. The summed E-state index contributed by atoms with van der Waals surface area (Å²) in [4.78, 5) is 20.7. The molecule has 0 aliphatic heterocycles. The molecular formula is C23H28N6O. The zero-order chi connectivity index (χ0) is 21.4. The lowest BCUT2D eigenvalue weighted by Crippen LogP contribution is -2.49. The van der Waals surface area contributed by atoms with E-state index >= 15 is 0 Å². The van der Waals surface area contributed by atoms with Crippen LogP contribution >= 0.6 is 0 Å². The summed E-state index contributed by atoms with van der Waals surface area (Å²) in [5.74, 6) is 0.395. The Morgan fingerprint density at radius 1 is 1.23 bits per heavy atom. The van der Waals surface area contributed by atoms with E-state index in [2.05, 4.69) is 38.1 Å². The monoisotopic (exact) mass is 404 g/mol. The van der Waals surface area contributed by atoms with Crippen LogP contribution in [-0.2, 0) is 5.41 Å². The zero-order valence-corrected chi connectivity index (χ0v) is 17.5. The van der Waals surface area contributed by atoms with Crippen molar-refractivity contribution < 1.29 is 4.79 Å². The highest BCUT2D eigenvalue weighted by molar-refractivity contribution is 5.93. The number of nitriles is 1. The summed E-state index contributed by atoms with van der Waals surface area (Å²) in [5, 5.41) is 18.2. The molecule has 1 aromatic heterocycles. The van der Waals surface area contributed by atoms with Gasteiger partial charge in [-0.2, -0.15) is 5.26 Å². The van der Waals surface area contributed by atoms with Crippen molar-refractivity contribution in [1.29, 1.82) is 5.26 Å². The van der Waals surface area contributed by atoms with Crippen LogP contribution in [0.1, 0.15) is 47.3 Å². The van der Waals surface area contributed by atoms with E-state index in [9.17, 15) is 4.79 Å². The van der Waals surface area contributed by atoms with E-state index in [4.69, 9.17) is 5.26 Å². The van der Waals surface area contributed by atoms with E-state index in [1.807, 2.05) is 43.4 Å². The second-order valence-corrected chi connectivity index (χ2v) is 7.75. The fourth-order valence-electron chi connectivity index (χ4n) is 4.03. The van der Waals surface area contributed by atoms with Crippen molar-refractivity contribution in [2.45, 2.75) is 44.1 Å². The van der Waals surface area contributed by atoms with Gasteiger partial charge in [-0.1, -0.05) is 30.3 Å². The molecule has 3 rings (SSSR count). The van der Waals surface area contributed by atoms with Gasteiger partial charge in [0.1, 0.15) is 0 Å². The third kappa shape index (κ3) is 5.15. The minimum absolute atomic E-state index is 0.100. The standard InChI is InChI=1S/C23H28N6O/c1-17-8-9-18(14-26-17)21(30)27-15-23(19-6-4-3-5-7-19)12-10-20(11-13-23)29-22(25-2)28-16-24/h3-9,14,20H,10-13,15H2,1-2H3,(H,27,30)(H2,25,28,29)/t20-,23-. The summed E-state index contributed by atoms with van der Waals surface area (Å²) >= 11 is 0. The molecular weight excluding hydrogens is 376 g/mol. The molecule has 7 heteroatoms. The lowest BCUT2D eigenvalue weighted by atomic mass is 9.68. The van der Waals surface area contributed by atoms with Crippen molar-refractivity contribution in [2.24, 2.45) is 4.99 Å². The molecule has 0 bridgehead atoms.